The third-order valence-corrected chi connectivity index (χ3v) is 3.86. The minimum atomic E-state index is -0.199. The summed E-state index contributed by atoms with van der Waals surface area (Å²) < 4.78 is 1.44. The monoisotopic (exact) mass is 263 g/mol. The van der Waals surface area contributed by atoms with Gasteiger partial charge in [0.2, 0.25) is 0 Å². The van der Waals surface area contributed by atoms with E-state index in [2.05, 4.69) is 5.32 Å². The van der Waals surface area contributed by atoms with Gasteiger partial charge in [-0.3, -0.25) is 9.59 Å². The Morgan fingerprint density at radius 1 is 1.47 bits per heavy atom. The van der Waals surface area contributed by atoms with E-state index in [1.54, 1.807) is 19.3 Å². The lowest BCUT2D eigenvalue weighted by atomic mass is 9.85. The highest BCUT2D eigenvalue weighted by atomic mass is 16.2. The molecule has 2 unspecified atom stereocenters. The fourth-order valence-corrected chi connectivity index (χ4v) is 2.51. The smallest absolute Gasteiger partial charge is 0.251 e. The quantitative estimate of drug-likeness (QED) is 0.840. The lowest BCUT2D eigenvalue weighted by molar-refractivity contribution is 0.0941. The van der Waals surface area contributed by atoms with Gasteiger partial charge in [0.05, 0.1) is 0 Å². The van der Waals surface area contributed by atoms with E-state index in [1.807, 2.05) is 0 Å². The summed E-state index contributed by atoms with van der Waals surface area (Å²) in [6, 6.07) is 3.19. The third kappa shape index (κ3) is 3.44. The summed E-state index contributed by atoms with van der Waals surface area (Å²) in [7, 11) is 1.66. The number of hydrogen-bond acceptors (Lipinski definition) is 3. The molecule has 2 rings (SSSR count). The number of carbonyl (C=O) groups excluding carboxylic acids is 1. The number of aromatic nitrogens is 1. The number of aryl methyl sites for hydroxylation is 1. The second-order valence-electron chi connectivity index (χ2n) is 5.28. The molecular weight excluding hydrogens is 242 g/mol. The zero-order valence-electron chi connectivity index (χ0n) is 11.3. The number of rotatable bonds is 3. The number of amides is 1. The molecule has 104 valence electrons. The molecule has 0 aliphatic heterocycles. The van der Waals surface area contributed by atoms with Crippen LogP contribution in [-0.4, -0.2) is 23.1 Å². The van der Waals surface area contributed by atoms with E-state index in [9.17, 15) is 9.59 Å². The van der Waals surface area contributed by atoms with Crippen molar-refractivity contribution in [2.45, 2.75) is 31.7 Å². The molecular formula is C14H21N3O2. The van der Waals surface area contributed by atoms with Gasteiger partial charge in [0.15, 0.2) is 0 Å². The van der Waals surface area contributed by atoms with Crippen molar-refractivity contribution in [2.75, 3.05) is 6.54 Å². The molecule has 3 N–H and O–H groups in total. The highest BCUT2D eigenvalue weighted by Gasteiger charge is 2.22. The van der Waals surface area contributed by atoms with Gasteiger partial charge < -0.3 is 15.6 Å². The Balaban J connectivity index is 1.93. The van der Waals surface area contributed by atoms with Crippen molar-refractivity contribution in [1.29, 1.82) is 0 Å². The molecule has 5 heteroatoms. The van der Waals surface area contributed by atoms with Crippen LogP contribution in [0.5, 0.6) is 0 Å². The molecule has 0 spiro atoms. The largest absolute Gasteiger partial charge is 0.352 e. The second-order valence-corrected chi connectivity index (χ2v) is 5.28. The van der Waals surface area contributed by atoms with Crippen molar-refractivity contribution in [3.63, 3.8) is 0 Å². The van der Waals surface area contributed by atoms with Crippen molar-refractivity contribution >= 4 is 5.91 Å². The fraction of sp³-hybridized carbons (Fsp3) is 0.571. The molecule has 1 aromatic heterocycles. The number of carbonyl (C=O) groups is 1. The Labute approximate surface area is 112 Å². The average molecular weight is 263 g/mol. The Kier molecular flexibility index (Phi) is 4.37. The maximum atomic E-state index is 12.0. The van der Waals surface area contributed by atoms with E-state index < -0.39 is 0 Å². The number of nitrogens with one attached hydrogen (secondary N) is 1. The highest BCUT2D eigenvalue weighted by molar-refractivity contribution is 5.93. The van der Waals surface area contributed by atoms with Crippen LogP contribution < -0.4 is 16.6 Å². The Morgan fingerprint density at radius 3 is 2.89 bits per heavy atom. The molecule has 1 amide bonds. The minimum Gasteiger partial charge on any atom is -0.352 e. The SMILES string of the molecule is Cn1ccc(C(=O)NCC2CCCCC2N)cc1=O. The van der Waals surface area contributed by atoms with Gasteiger partial charge in [-0.05, 0) is 24.8 Å². The van der Waals surface area contributed by atoms with Crippen molar-refractivity contribution in [3.05, 3.63) is 34.2 Å². The van der Waals surface area contributed by atoms with Gasteiger partial charge in [-0.15, -0.1) is 0 Å². The Bertz CT molecular complexity index is 510. The zero-order chi connectivity index (χ0) is 13.8. The first-order valence-corrected chi connectivity index (χ1v) is 6.78. The summed E-state index contributed by atoms with van der Waals surface area (Å²) in [5, 5.41) is 2.88. The summed E-state index contributed by atoms with van der Waals surface area (Å²) >= 11 is 0. The number of pyridine rings is 1. The second kappa shape index (κ2) is 6.02. The predicted octanol–water partition coefficient (Wildman–Crippen LogP) is 0.633. The molecule has 0 bridgehead atoms. The topological polar surface area (TPSA) is 77.1 Å². The molecule has 2 atom stereocenters. The van der Waals surface area contributed by atoms with Gasteiger partial charge in [-0.1, -0.05) is 12.8 Å². The van der Waals surface area contributed by atoms with E-state index >= 15 is 0 Å². The van der Waals surface area contributed by atoms with Crippen LogP contribution in [0.25, 0.3) is 0 Å². The van der Waals surface area contributed by atoms with Crippen molar-refractivity contribution in [3.8, 4) is 0 Å². The predicted molar refractivity (Wildman–Crippen MR) is 73.9 cm³/mol. The van der Waals surface area contributed by atoms with Crippen LogP contribution in [-0.2, 0) is 7.05 Å². The van der Waals surface area contributed by atoms with E-state index in [1.165, 1.54) is 23.5 Å². The molecule has 0 radical (unpaired) electrons. The van der Waals surface area contributed by atoms with Crippen molar-refractivity contribution < 1.29 is 4.79 Å². The van der Waals surface area contributed by atoms with Gasteiger partial charge in [0, 0.05) is 37.5 Å². The number of nitrogens with zero attached hydrogens (tertiary/aromatic N) is 1. The van der Waals surface area contributed by atoms with Crippen LogP contribution in [0.2, 0.25) is 0 Å². The molecule has 1 aromatic rings. The van der Waals surface area contributed by atoms with Gasteiger partial charge in [0.1, 0.15) is 0 Å². The van der Waals surface area contributed by atoms with E-state index in [0.29, 0.717) is 18.0 Å². The number of hydrogen-bond donors (Lipinski definition) is 2. The van der Waals surface area contributed by atoms with Gasteiger partial charge >= 0.3 is 0 Å². The maximum absolute atomic E-state index is 12.0. The summed E-state index contributed by atoms with van der Waals surface area (Å²) in [6.07, 6.45) is 6.06. The van der Waals surface area contributed by atoms with Crippen molar-refractivity contribution in [1.82, 2.24) is 9.88 Å². The molecule has 1 heterocycles. The summed E-state index contributed by atoms with van der Waals surface area (Å²) in [5.74, 6) is 0.153. The molecule has 0 aromatic carbocycles. The van der Waals surface area contributed by atoms with E-state index in [-0.39, 0.29) is 17.5 Å². The molecule has 19 heavy (non-hydrogen) atoms. The van der Waals surface area contributed by atoms with Crippen LogP contribution in [0.4, 0.5) is 0 Å². The lowest BCUT2D eigenvalue weighted by Gasteiger charge is -2.28. The normalized spacial score (nSPS) is 23.1. The van der Waals surface area contributed by atoms with E-state index in [0.717, 1.165) is 12.8 Å². The Morgan fingerprint density at radius 2 is 2.21 bits per heavy atom. The summed E-state index contributed by atoms with van der Waals surface area (Å²) in [4.78, 5) is 23.4. The van der Waals surface area contributed by atoms with Gasteiger partial charge in [0.25, 0.3) is 11.5 Å². The van der Waals surface area contributed by atoms with Crippen LogP contribution in [0.15, 0.2) is 23.1 Å². The average Bonchev–Trinajstić information content (AvgIpc) is 2.40. The molecule has 0 saturated heterocycles. The first-order chi connectivity index (χ1) is 9.08. The molecule has 5 nitrogen and oxygen atoms in total. The standard InChI is InChI=1S/C14H21N3O2/c1-17-7-6-10(8-13(17)18)14(19)16-9-11-4-2-3-5-12(11)15/h6-8,11-12H,2-5,9,15H2,1H3,(H,16,19). The minimum absolute atomic E-state index is 0.178. The first-order valence-electron chi connectivity index (χ1n) is 6.78. The molecule has 1 aliphatic carbocycles. The third-order valence-electron chi connectivity index (χ3n) is 3.86. The van der Waals surface area contributed by atoms with Gasteiger partial charge in [-0.2, -0.15) is 0 Å². The number of nitrogens with two attached hydrogens (primary N) is 1. The fourth-order valence-electron chi connectivity index (χ4n) is 2.51. The highest BCUT2D eigenvalue weighted by Crippen LogP contribution is 2.22. The molecule has 1 saturated carbocycles. The van der Waals surface area contributed by atoms with Crippen LogP contribution >= 0.6 is 0 Å². The van der Waals surface area contributed by atoms with Crippen LogP contribution in [0.3, 0.4) is 0 Å². The van der Waals surface area contributed by atoms with Crippen molar-refractivity contribution in [2.24, 2.45) is 18.7 Å². The first kappa shape index (κ1) is 13.8. The zero-order valence-corrected chi connectivity index (χ0v) is 11.3. The summed E-state index contributed by atoms with van der Waals surface area (Å²) in [5.41, 5.74) is 6.27. The molecule has 1 aliphatic rings. The lowest BCUT2D eigenvalue weighted by Crippen LogP contribution is -2.41. The molecule has 1 fully saturated rings. The maximum Gasteiger partial charge on any atom is 0.251 e. The van der Waals surface area contributed by atoms with Crippen LogP contribution in [0.1, 0.15) is 36.0 Å². The van der Waals surface area contributed by atoms with Crippen LogP contribution in [0, 0.1) is 5.92 Å². The van der Waals surface area contributed by atoms with E-state index in [4.69, 9.17) is 5.73 Å². The van der Waals surface area contributed by atoms with Gasteiger partial charge in [-0.25, -0.2) is 0 Å². The Hall–Kier alpha value is -1.62. The summed E-state index contributed by atoms with van der Waals surface area (Å²) in [6.45, 7) is 0.592.